The topological polar surface area (TPSA) is 33.5 Å². The Bertz CT molecular complexity index is 654. The van der Waals surface area contributed by atoms with Crippen molar-refractivity contribution in [3.63, 3.8) is 0 Å². The molecule has 5 nitrogen and oxygen atoms in total. The summed E-state index contributed by atoms with van der Waals surface area (Å²) in [4.78, 5) is 12.4. The van der Waals surface area contributed by atoms with Gasteiger partial charge in [-0.25, -0.2) is 4.98 Å². The number of aryl methyl sites for hydroxylation is 1. The predicted octanol–water partition coefficient (Wildman–Crippen LogP) is 2.65. The van der Waals surface area contributed by atoms with E-state index in [-0.39, 0.29) is 0 Å². The Labute approximate surface area is 147 Å². The number of hydrogen-bond acceptors (Lipinski definition) is 5. The molecule has 0 bridgehead atoms. The molecule has 0 spiro atoms. The molecule has 0 unspecified atom stereocenters. The van der Waals surface area contributed by atoms with Crippen molar-refractivity contribution in [1.29, 1.82) is 0 Å². The van der Waals surface area contributed by atoms with Crippen LogP contribution in [0.5, 0.6) is 0 Å². The zero-order valence-corrected chi connectivity index (χ0v) is 15.2. The number of rotatable bonds is 5. The Hall–Kier alpha value is -1.21. The van der Waals surface area contributed by atoms with Crippen LogP contribution in [0.15, 0.2) is 24.5 Å². The first-order chi connectivity index (χ1) is 11.8. The summed E-state index contributed by atoms with van der Waals surface area (Å²) in [7, 11) is 2.07. The molecule has 2 aromatic rings. The van der Waals surface area contributed by atoms with Crippen molar-refractivity contribution in [1.82, 2.24) is 19.4 Å². The van der Waals surface area contributed by atoms with Gasteiger partial charge in [0, 0.05) is 68.5 Å². The van der Waals surface area contributed by atoms with Gasteiger partial charge in [0.05, 0.1) is 12.6 Å². The second kappa shape index (κ2) is 7.35. The van der Waals surface area contributed by atoms with Crippen molar-refractivity contribution in [2.45, 2.75) is 32.0 Å². The molecule has 0 saturated carbocycles. The van der Waals surface area contributed by atoms with Crippen LogP contribution in [0.2, 0.25) is 0 Å². The molecular weight excluding hydrogens is 320 g/mol. The zero-order chi connectivity index (χ0) is 16.4. The molecule has 0 aliphatic carbocycles. The number of aromatic nitrogens is 2. The summed E-state index contributed by atoms with van der Waals surface area (Å²) < 4.78 is 7.91. The van der Waals surface area contributed by atoms with Gasteiger partial charge in [0.15, 0.2) is 0 Å². The van der Waals surface area contributed by atoms with E-state index < -0.39 is 0 Å². The van der Waals surface area contributed by atoms with E-state index in [0.29, 0.717) is 6.10 Å². The van der Waals surface area contributed by atoms with E-state index >= 15 is 0 Å². The lowest BCUT2D eigenvalue weighted by molar-refractivity contribution is 0.114. The van der Waals surface area contributed by atoms with Crippen LogP contribution in [0.25, 0.3) is 0 Å². The monoisotopic (exact) mass is 346 g/mol. The number of nitrogens with zero attached hydrogens (tertiary/aromatic N) is 4. The molecule has 6 heteroatoms. The number of ether oxygens (including phenoxy) is 1. The molecule has 4 rings (SSSR count). The molecule has 0 N–H and O–H groups in total. The molecule has 2 fully saturated rings. The summed E-state index contributed by atoms with van der Waals surface area (Å²) in [6.07, 6.45) is 6.65. The third-order valence-corrected chi connectivity index (χ3v) is 6.22. The molecule has 2 aromatic heterocycles. The number of hydrogen-bond donors (Lipinski definition) is 0. The van der Waals surface area contributed by atoms with Crippen LogP contribution >= 0.6 is 11.3 Å². The zero-order valence-electron chi connectivity index (χ0n) is 14.4. The fourth-order valence-corrected chi connectivity index (χ4v) is 4.67. The summed E-state index contributed by atoms with van der Waals surface area (Å²) >= 11 is 1.94. The highest BCUT2D eigenvalue weighted by Crippen LogP contribution is 2.33. The van der Waals surface area contributed by atoms with Crippen LogP contribution in [0, 0.1) is 0 Å². The van der Waals surface area contributed by atoms with Crippen LogP contribution in [-0.2, 0) is 24.9 Å². The average Bonchev–Trinajstić information content (AvgIpc) is 3.32. The van der Waals surface area contributed by atoms with Gasteiger partial charge in [-0.15, -0.1) is 11.3 Å². The van der Waals surface area contributed by atoms with Gasteiger partial charge in [-0.05, 0) is 25.0 Å². The first-order valence-electron chi connectivity index (χ1n) is 8.89. The Morgan fingerprint density at radius 2 is 1.96 bits per heavy atom. The summed E-state index contributed by atoms with van der Waals surface area (Å²) in [6, 6.07) is 4.56. The predicted molar refractivity (Wildman–Crippen MR) is 96.0 cm³/mol. The molecule has 0 amide bonds. The maximum absolute atomic E-state index is 5.80. The lowest BCUT2D eigenvalue weighted by Crippen LogP contribution is -2.45. The van der Waals surface area contributed by atoms with E-state index in [1.165, 1.54) is 22.6 Å². The van der Waals surface area contributed by atoms with Crippen molar-refractivity contribution >= 4 is 11.3 Å². The van der Waals surface area contributed by atoms with Gasteiger partial charge in [0.1, 0.15) is 5.82 Å². The number of piperazine rings is 1. The summed E-state index contributed by atoms with van der Waals surface area (Å²) in [5.74, 6) is 1.16. The quantitative estimate of drug-likeness (QED) is 0.833. The van der Waals surface area contributed by atoms with Gasteiger partial charge in [-0.2, -0.15) is 0 Å². The molecule has 0 radical (unpaired) electrons. The summed E-state index contributed by atoms with van der Waals surface area (Å²) in [5.41, 5.74) is 0. The van der Waals surface area contributed by atoms with E-state index in [9.17, 15) is 0 Å². The van der Waals surface area contributed by atoms with Crippen LogP contribution in [-0.4, -0.2) is 52.1 Å². The summed E-state index contributed by atoms with van der Waals surface area (Å²) in [5, 5.41) is 0. The highest BCUT2D eigenvalue weighted by molar-refractivity contribution is 7.12. The highest BCUT2D eigenvalue weighted by atomic mass is 32.1. The van der Waals surface area contributed by atoms with Crippen LogP contribution in [0.4, 0.5) is 0 Å². The third-order valence-electron chi connectivity index (χ3n) is 5.06. The standard InChI is InChI=1S/C18H26N4OS/c1-20-7-6-19-18(20)14-22-10-8-21(9-11-22)13-15-4-5-17(24-15)16-3-2-12-23-16/h4-7,16H,2-3,8-14H2,1H3/t16-/m0/s1. The van der Waals surface area contributed by atoms with Crippen molar-refractivity contribution in [2.75, 3.05) is 32.8 Å². The van der Waals surface area contributed by atoms with E-state index in [1.807, 2.05) is 23.7 Å². The molecule has 0 aromatic carbocycles. The minimum Gasteiger partial charge on any atom is -0.373 e. The third kappa shape index (κ3) is 3.72. The van der Waals surface area contributed by atoms with Crippen LogP contribution in [0.3, 0.4) is 0 Å². The largest absolute Gasteiger partial charge is 0.373 e. The van der Waals surface area contributed by atoms with E-state index in [4.69, 9.17) is 4.74 Å². The van der Waals surface area contributed by atoms with Gasteiger partial charge in [-0.1, -0.05) is 0 Å². The summed E-state index contributed by atoms with van der Waals surface area (Å²) in [6.45, 7) is 7.48. The lowest BCUT2D eigenvalue weighted by atomic mass is 10.2. The Kier molecular flexibility index (Phi) is 4.98. The fraction of sp³-hybridized carbons (Fsp3) is 0.611. The lowest BCUT2D eigenvalue weighted by Gasteiger charge is -2.34. The molecule has 130 valence electrons. The molecule has 2 aliphatic heterocycles. The molecule has 2 saturated heterocycles. The van der Waals surface area contributed by atoms with Crippen molar-refractivity contribution in [3.8, 4) is 0 Å². The van der Waals surface area contributed by atoms with Crippen molar-refractivity contribution < 1.29 is 4.74 Å². The maximum atomic E-state index is 5.80. The number of thiophene rings is 1. The highest BCUT2D eigenvalue weighted by Gasteiger charge is 2.21. The molecule has 4 heterocycles. The molecule has 2 aliphatic rings. The van der Waals surface area contributed by atoms with Gasteiger partial charge in [0.25, 0.3) is 0 Å². The van der Waals surface area contributed by atoms with Gasteiger partial charge in [0.2, 0.25) is 0 Å². The van der Waals surface area contributed by atoms with Gasteiger partial charge < -0.3 is 9.30 Å². The van der Waals surface area contributed by atoms with E-state index in [0.717, 1.165) is 51.7 Å². The Balaban J connectivity index is 1.26. The average molecular weight is 347 g/mol. The molecule has 1 atom stereocenters. The fourth-order valence-electron chi connectivity index (χ4n) is 3.53. The molecule has 24 heavy (non-hydrogen) atoms. The Morgan fingerprint density at radius 3 is 2.62 bits per heavy atom. The second-order valence-electron chi connectivity index (χ2n) is 6.81. The van der Waals surface area contributed by atoms with E-state index in [1.54, 1.807) is 0 Å². The normalized spacial score (nSPS) is 23.1. The smallest absolute Gasteiger partial charge is 0.122 e. The minimum absolute atomic E-state index is 0.360. The number of imidazole rings is 1. The van der Waals surface area contributed by atoms with Crippen molar-refractivity contribution in [2.24, 2.45) is 7.05 Å². The van der Waals surface area contributed by atoms with E-state index in [2.05, 4.69) is 38.5 Å². The minimum atomic E-state index is 0.360. The first kappa shape index (κ1) is 16.3. The first-order valence-corrected chi connectivity index (χ1v) is 9.71. The SMILES string of the molecule is Cn1ccnc1CN1CCN(Cc2ccc([C@@H]3CCCO3)s2)CC1. The van der Waals surface area contributed by atoms with Crippen LogP contribution in [0.1, 0.15) is 34.5 Å². The Morgan fingerprint density at radius 1 is 1.17 bits per heavy atom. The second-order valence-corrected chi connectivity index (χ2v) is 8.01. The van der Waals surface area contributed by atoms with Gasteiger partial charge in [-0.3, -0.25) is 9.80 Å². The van der Waals surface area contributed by atoms with Crippen LogP contribution < -0.4 is 0 Å². The van der Waals surface area contributed by atoms with Gasteiger partial charge >= 0.3 is 0 Å². The van der Waals surface area contributed by atoms with Crippen molar-refractivity contribution in [3.05, 3.63) is 40.1 Å². The maximum Gasteiger partial charge on any atom is 0.122 e. The molecular formula is C18H26N4OS.